The van der Waals surface area contributed by atoms with Gasteiger partial charge in [-0.1, -0.05) is 5.16 Å². The van der Waals surface area contributed by atoms with E-state index in [9.17, 15) is 4.79 Å². The minimum atomic E-state index is -0.0861. The third kappa shape index (κ3) is 2.41. The Balaban J connectivity index is 1.72. The molecule has 0 N–H and O–H groups in total. The van der Waals surface area contributed by atoms with E-state index < -0.39 is 0 Å². The maximum Gasteiger partial charge on any atom is 0.276 e. The second kappa shape index (κ2) is 5.03. The van der Waals surface area contributed by atoms with Crippen LogP contribution in [-0.2, 0) is 0 Å². The van der Waals surface area contributed by atoms with Gasteiger partial charge in [-0.05, 0) is 26.3 Å². The number of aromatic nitrogens is 3. The number of amides is 1. The summed E-state index contributed by atoms with van der Waals surface area (Å²) in [7, 11) is 0. The van der Waals surface area contributed by atoms with E-state index in [0.29, 0.717) is 24.5 Å². The number of hydrogen-bond donors (Lipinski definition) is 0. The highest BCUT2D eigenvalue weighted by Crippen LogP contribution is 2.25. The smallest absolute Gasteiger partial charge is 0.276 e. The number of nitrogens with zero attached hydrogens (tertiary/aromatic N) is 4. The predicted octanol–water partition coefficient (Wildman–Crippen LogP) is 1.71. The van der Waals surface area contributed by atoms with E-state index in [1.165, 1.54) is 0 Å². The molecule has 2 aromatic rings. The average molecular weight is 272 g/mol. The van der Waals surface area contributed by atoms with Gasteiger partial charge in [0.05, 0.1) is 0 Å². The molecule has 1 aliphatic heterocycles. The first-order valence-electron chi connectivity index (χ1n) is 6.65. The molecule has 3 heterocycles. The number of aryl methyl sites for hydroxylation is 2. The van der Waals surface area contributed by atoms with E-state index in [1.54, 1.807) is 24.1 Å². The summed E-state index contributed by atoms with van der Waals surface area (Å²) in [6.45, 7) is 5.05. The van der Waals surface area contributed by atoms with Gasteiger partial charge >= 0.3 is 0 Å². The number of hydrogen-bond acceptors (Lipinski definition) is 5. The first-order valence-corrected chi connectivity index (χ1v) is 6.65. The number of rotatable bonds is 2. The average Bonchev–Trinajstić information content (AvgIpc) is 3.07. The molecule has 104 valence electrons. The lowest BCUT2D eigenvalue weighted by atomic mass is 10.1. The lowest BCUT2D eigenvalue weighted by Crippen LogP contribution is -2.28. The minimum absolute atomic E-state index is 0.0861. The molecule has 1 aliphatic rings. The molecule has 1 amide bonds. The van der Waals surface area contributed by atoms with Crippen molar-refractivity contribution in [2.75, 3.05) is 13.1 Å². The van der Waals surface area contributed by atoms with Crippen molar-refractivity contribution in [3.63, 3.8) is 0 Å². The first-order chi connectivity index (χ1) is 9.63. The van der Waals surface area contributed by atoms with Crippen LogP contribution in [0, 0.1) is 13.8 Å². The van der Waals surface area contributed by atoms with Crippen LogP contribution in [0.5, 0.6) is 0 Å². The topological polar surface area (TPSA) is 72.1 Å². The molecule has 1 fully saturated rings. The van der Waals surface area contributed by atoms with E-state index >= 15 is 0 Å². The largest absolute Gasteiger partial charge is 0.361 e. The second-order valence-electron chi connectivity index (χ2n) is 5.12. The molecule has 6 nitrogen and oxygen atoms in total. The van der Waals surface area contributed by atoms with Gasteiger partial charge in [-0.25, -0.2) is 9.97 Å². The molecule has 0 radical (unpaired) electrons. The molecule has 0 saturated carbocycles. The van der Waals surface area contributed by atoms with Crippen molar-refractivity contribution in [3.8, 4) is 0 Å². The van der Waals surface area contributed by atoms with E-state index in [4.69, 9.17) is 4.52 Å². The highest BCUT2D eigenvalue weighted by Gasteiger charge is 2.30. The Morgan fingerprint density at radius 1 is 1.45 bits per heavy atom. The summed E-state index contributed by atoms with van der Waals surface area (Å²) in [6.07, 6.45) is 2.65. The van der Waals surface area contributed by atoms with Crippen molar-refractivity contribution in [2.24, 2.45) is 0 Å². The first kappa shape index (κ1) is 12.8. The highest BCUT2D eigenvalue weighted by atomic mass is 16.5. The molecule has 2 aromatic heterocycles. The summed E-state index contributed by atoms with van der Waals surface area (Å²) in [5.74, 6) is 1.58. The van der Waals surface area contributed by atoms with Crippen LogP contribution in [0.15, 0.2) is 22.9 Å². The lowest BCUT2D eigenvalue weighted by molar-refractivity contribution is 0.0780. The Kier molecular flexibility index (Phi) is 3.22. The Morgan fingerprint density at radius 3 is 3.00 bits per heavy atom. The zero-order valence-electron chi connectivity index (χ0n) is 11.5. The van der Waals surface area contributed by atoms with Crippen LogP contribution in [0.25, 0.3) is 0 Å². The minimum Gasteiger partial charge on any atom is -0.361 e. The van der Waals surface area contributed by atoms with Crippen LogP contribution in [0.3, 0.4) is 0 Å². The monoisotopic (exact) mass is 272 g/mol. The van der Waals surface area contributed by atoms with E-state index in [1.807, 2.05) is 13.0 Å². The summed E-state index contributed by atoms with van der Waals surface area (Å²) in [5.41, 5.74) is 1.32. The van der Waals surface area contributed by atoms with Crippen molar-refractivity contribution in [1.82, 2.24) is 20.0 Å². The maximum atomic E-state index is 12.3. The van der Waals surface area contributed by atoms with Crippen LogP contribution in [-0.4, -0.2) is 39.0 Å². The van der Waals surface area contributed by atoms with Crippen LogP contribution in [0.1, 0.15) is 40.1 Å². The Morgan fingerprint density at radius 2 is 2.30 bits per heavy atom. The molecular formula is C14H16N4O2. The van der Waals surface area contributed by atoms with Crippen molar-refractivity contribution in [3.05, 3.63) is 41.3 Å². The maximum absolute atomic E-state index is 12.3. The Labute approximate surface area is 116 Å². The normalized spacial score (nSPS) is 18.5. The van der Waals surface area contributed by atoms with Crippen molar-refractivity contribution in [1.29, 1.82) is 0 Å². The summed E-state index contributed by atoms with van der Waals surface area (Å²) < 4.78 is 4.95. The molecule has 1 atom stereocenters. The molecule has 0 aliphatic carbocycles. The van der Waals surface area contributed by atoms with Gasteiger partial charge in [0.2, 0.25) is 0 Å². The Bertz CT molecular complexity index is 638. The molecule has 20 heavy (non-hydrogen) atoms. The molecule has 0 unspecified atom stereocenters. The lowest BCUT2D eigenvalue weighted by Gasteiger charge is -2.14. The standard InChI is InChI=1S/C14H16N4O2/c1-9-3-5-15-13(16-9)11-4-6-18(8-11)14(19)12-7-10(2)20-17-12/h3,5,7,11H,4,6,8H2,1-2H3/t11-/m1/s1. The number of carbonyl (C=O) groups excluding carboxylic acids is 1. The fraction of sp³-hybridized carbons (Fsp3) is 0.429. The van der Waals surface area contributed by atoms with Gasteiger partial charge in [-0.15, -0.1) is 0 Å². The van der Waals surface area contributed by atoms with E-state index in [-0.39, 0.29) is 11.8 Å². The van der Waals surface area contributed by atoms with E-state index in [0.717, 1.165) is 17.9 Å². The summed E-state index contributed by atoms with van der Waals surface area (Å²) in [4.78, 5) is 22.8. The fourth-order valence-electron chi connectivity index (χ4n) is 2.45. The van der Waals surface area contributed by atoms with Gasteiger partial charge in [-0.2, -0.15) is 0 Å². The van der Waals surface area contributed by atoms with Crippen molar-refractivity contribution in [2.45, 2.75) is 26.2 Å². The van der Waals surface area contributed by atoms with Crippen LogP contribution in [0.2, 0.25) is 0 Å². The van der Waals surface area contributed by atoms with Crippen molar-refractivity contribution < 1.29 is 9.32 Å². The van der Waals surface area contributed by atoms with Crippen LogP contribution >= 0.6 is 0 Å². The van der Waals surface area contributed by atoms with Crippen LogP contribution < -0.4 is 0 Å². The van der Waals surface area contributed by atoms with Gasteiger partial charge in [-0.3, -0.25) is 4.79 Å². The van der Waals surface area contributed by atoms with Crippen LogP contribution in [0.4, 0.5) is 0 Å². The third-order valence-electron chi connectivity index (χ3n) is 3.50. The summed E-state index contributed by atoms with van der Waals surface area (Å²) in [6, 6.07) is 3.54. The van der Waals surface area contributed by atoms with Gasteiger partial charge in [0.15, 0.2) is 5.69 Å². The quantitative estimate of drug-likeness (QED) is 0.832. The molecule has 0 bridgehead atoms. The second-order valence-corrected chi connectivity index (χ2v) is 5.12. The third-order valence-corrected chi connectivity index (χ3v) is 3.50. The van der Waals surface area contributed by atoms with Crippen molar-refractivity contribution >= 4 is 5.91 Å². The molecule has 0 spiro atoms. The molecule has 3 rings (SSSR count). The molecule has 1 saturated heterocycles. The fourth-order valence-corrected chi connectivity index (χ4v) is 2.45. The number of carbonyl (C=O) groups is 1. The van der Waals surface area contributed by atoms with Gasteiger partial charge in [0, 0.05) is 37.0 Å². The summed E-state index contributed by atoms with van der Waals surface area (Å²) in [5, 5.41) is 3.77. The van der Waals surface area contributed by atoms with Gasteiger partial charge in [0.25, 0.3) is 5.91 Å². The number of likely N-dealkylation sites (tertiary alicyclic amines) is 1. The summed E-state index contributed by atoms with van der Waals surface area (Å²) >= 11 is 0. The SMILES string of the molecule is Cc1ccnc([C@@H]2CCN(C(=O)c3cc(C)on3)C2)n1. The van der Waals surface area contributed by atoms with Gasteiger partial charge in [0.1, 0.15) is 11.6 Å². The van der Waals surface area contributed by atoms with E-state index in [2.05, 4.69) is 15.1 Å². The molecule has 0 aromatic carbocycles. The molecular weight excluding hydrogens is 256 g/mol. The zero-order chi connectivity index (χ0) is 14.1. The van der Waals surface area contributed by atoms with Gasteiger partial charge < -0.3 is 9.42 Å². The zero-order valence-corrected chi connectivity index (χ0v) is 11.5. The predicted molar refractivity (Wildman–Crippen MR) is 71.3 cm³/mol. The molecule has 6 heteroatoms. The Hall–Kier alpha value is -2.24. The highest BCUT2D eigenvalue weighted by molar-refractivity contribution is 5.92.